The number of rotatable bonds is 5. The second-order valence-electron chi connectivity index (χ2n) is 3.23. The zero-order chi connectivity index (χ0) is 11.3. The maximum Gasteiger partial charge on any atom is 0.321 e. The van der Waals surface area contributed by atoms with Crippen LogP contribution in [0.2, 0.25) is 0 Å². The Morgan fingerprint density at radius 1 is 1.67 bits per heavy atom. The van der Waals surface area contributed by atoms with Crippen LogP contribution >= 0.6 is 11.8 Å². The van der Waals surface area contributed by atoms with Crippen molar-refractivity contribution in [2.45, 2.75) is 18.7 Å². The Morgan fingerprint density at radius 3 is 3.00 bits per heavy atom. The molecule has 82 valence electrons. The predicted molar refractivity (Wildman–Crippen MR) is 60.7 cm³/mol. The first-order chi connectivity index (χ1) is 7.09. The first kappa shape index (κ1) is 12.0. The van der Waals surface area contributed by atoms with Gasteiger partial charge in [0.25, 0.3) is 0 Å². The molecule has 0 aliphatic rings. The van der Waals surface area contributed by atoms with Gasteiger partial charge in [0, 0.05) is 17.2 Å². The summed E-state index contributed by atoms with van der Waals surface area (Å²) in [6, 6.07) is 5.00. The molecule has 3 N–H and O–H groups in total. The average Bonchev–Trinajstić information content (AvgIpc) is 2.17. The number of carbonyl (C=O) groups is 1. The van der Waals surface area contributed by atoms with E-state index in [9.17, 15) is 4.79 Å². The molecule has 0 spiro atoms. The molecular formula is C10H14N2O2S. The maximum absolute atomic E-state index is 10.4. The maximum atomic E-state index is 10.4. The highest BCUT2D eigenvalue weighted by molar-refractivity contribution is 7.98. The lowest BCUT2D eigenvalue weighted by Crippen LogP contribution is -2.32. The van der Waals surface area contributed by atoms with Crippen LogP contribution in [0.1, 0.15) is 11.4 Å². The number of pyridine rings is 1. The van der Waals surface area contributed by atoms with Gasteiger partial charge in [0.05, 0.1) is 5.69 Å². The molecule has 1 rings (SSSR count). The van der Waals surface area contributed by atoms with Crippen LogP contribution < -0.4 is 5.73 Å². The number of hydrogen-bond acceptors (Lipinski definition) is 4. The Labute approximate surface area is 92.9 Å². The van der Waals surface area contributed by atoms with E-state index in [1.54, 1.807) is 0 Å². The van der Waals surface area contributed by atoms with Crippen molar-refractivity contribution in [2.75, 3.05) is 5.75 Å². The van der Waals surface area contributed by atoms with Crippen molar-refractivity contribution in [1.29, 1.82) is 0 Å². The Hall–Kier alpha value is -1.07. The number of thioether (sulfide) groups is 1. The van der Waals surface area contributed by atoms with E-state index in [0.717, 1.165) is 11.4 Å². The fraction of sp³-hybridized carbons (Fsp3) is 0.400. The highest BCUT2D eigenvalue weighted by Gasteiger charge is 2.10. The Bertz CT molecular complexity index is 344. The minimum Gasteiger partial charge on any atom is -0.480 e. The summed E-state index contributed by atoms with van der Waals surface area (Å²) in [5.41, 5.74) is 7.29. The molecule has 0 bridgehead atoms. The molecule has 0 fully saturated rings. The molecular weight excluding hydrogens is 212 g/mol. The fourth-order valence-electron chi connectivity index (χ4n) is 1.04. The van der Waals surface area contributed by atoms with Gasteiger partial charge < -0.3 is 10.8 Å². The molecule has 4 nitrogen and oxygen atoms in total. The topological polar surface area (TPSA) is 76.2 Å². The van der Waals surface area contributed by atoms with E-state index in [-0.39, 0.29) is 0 Å². The molecule has 0 aromatic carbocycles. The quantitative estimate of drug-likeness (QED) is 0.784. The van der Waals surface area contributed by atoms with Gasteiger partial charge in [0.15, 0.2) is 0 Å². The van der Waals surface area contributed by atoms with E-state index >= 15 is 0 Å². The number of carboxylic acids is 1. The molecule has 0 unspecified atom stereocenters. The molecule has 0 aliphatic heterocycles. The van der Waals surface area contributed by atoms with Crippen LogP contribution in [0.5, 0.6) is 0 Å². The van der Waals surface area contributed by atoms with Crippen molar-refractivity contribution >= 4 is 17.7 Å². The van der Waals surface area contributed by atoms with Crippen molar-refractivity contribution in [3.63, 3.8) is 0 Å². The largest absolute Gasteiger partial charge is 0.480 e. The van der Waals surface area contributed by atoms with Gasteiger partial charge >= 0.3 is 5.97 Å². The third-order valence-electron chi connectivity index (χ3n) is 1.81. The van der Waals surface area contributed by atoms with Crippen molar-refractivity contribution in [3.8, 4) is 0 Å². The summed E-state index contributed by atoms with van der Waals surface area (Å²) in [5, 5.41) is 8.57. The molecule has 15 heavy (non-hydrogen) atoms. The van der Waals surface area contributed by atoms with Gasteiger partial charge in [-0.05, 0) is 19.1 Å². The predicted octanol–water partition coefficient (Wildman–Crippen LogP) is 1.04. The van der Waals surface area contributed by atoms with Crippen LogP contribution in [0.25, 0.3) is 0 Å². The van der Waals surface area contributed by atoms with Crippen LogP contribution in [0.15, 0.2) is 18.2 Å². The molecule has 1 aromatic rings. The highest BCUT2D eigenvalue weighted by atomic mass is 32.2. The zero-order valence-corrected chi connectivity index (χ0v) is 9.33. The van der Waals surface area contributed by atoms with E-state index in [2.05, 4.69) is 4.98 Å². The molecule has 5 heteroatoms. The van der Waals surface area contributed by atoms with Gasteiger partial charge in [0.1, 0.15) is 6.04 Å². The van der Waals surface area contributed by atoms with Gasteiger partial charge in [-0.3, -0.25) is 9.78 Å². The number of aromatic nitrogens is 1. The van der Waals surface area contributed by atoms with Crippen LogP contribution in [-0.4, -0.2) is 27.9 Å². The lowest BCUT2D eigenvalue weighted by Gasteiger charge is -2.05. The second kappa shape index (κ2) is 5.72. The third kappa shape index (κ3) is 4.31. The number of aliphatic carboxylic acids is 1. The second-order valence-corrected chi connectivity index (χ2v) is 4.26. The summed E-state index contributed by atoms with van der Waals surface area (Å²) in [7, 11) is 0. The van der Waals surface area contributed by atoms with Crippen LogP contribution in [-0.2, 0) is 10.5 Å². The molecule has 0 saturated heterocycles. The van der Waals surface area contributed by atoms with Crippen molar-refractivity contribution < 1.29 is 9.90 Å². The van der Waals surface area contributed by atoms with E-state index in [0.29, 0.717) is 11.5 Å². The summed E-state index contributed by atoms with van der Waals surface area (Å²) in [6.07, 6.45) is 0. The van der Waals surface area contributed by atoms with E-state index in [1.807, 2.05) is 25.1 Å². The molecule has 1 aromatic heterocycles. The standard InChI is InChI=1S/C10H14N2O2S/c1-7-3-2-4-8(12-7)5-15-6-9(11)10(13)14/h2-4,9H,5-6,11H2,1H3,(H,13,14)/t9-/m1/s1. The molecule has 0 aliphatic carbocycles. The van der Waals surface area contributed by atoms with Gasteiger partial charge in [-0.2, -0.15) is 11.8 Å². The van der Waals surface area contributed by atoms with Crippen LogP contribution in [0.3, 0.4) is 0 Å². The zero-order valence-electron chi connectivity index (χ0n) is 8.51. The van der Waals surface area contributed by atoms with Crippen LogP contribution in [0, 0.1) is 6.92 Å². The third-order valence-corrected chi connectivity index (χ3v) is 2.91. The molecule has 0 amide bonds. The van der Waals surface area contributed by atoms with Gasteiger partial charge in [-0.25, -0.2) is 0 Å². The van der Waals surface area contributed by atoms with Crippen LogP contribution in [0.4, 0.5) is 0 Å². The lowest BCUT2D eigenvalue weighted by atomic mass is 10.3. The average molecular weight is 226 g/mol. The van der Waals surface area contributed by atoms with E-state index in [1.165, 1.54) is 11.8 Å². The molecule has 1 atom stereocenters. The number of hydrogen-bond donors (Lipinski definition) is 2. The van der Waals surface area contributed by atoms with Crippen molar-refractivity contribution in [2.24, 2.45) is 5.73 Å². The smallest absolute Gasteiger partial charge is 0.321 e. The van der Waals surface area contributed by atoms with E-state index < -0.39 is 12.0 Å². The molecule has 0 saturated carbocycles. The monoisotopic (exact) mass is 226 g/mol. The fourth-order valence-corrected chi connectivity index (χ4v) is 1.93. The minimum atomic E-state index is -0.959. The Kier molecular flexibility index (Phi) is 4.58. The Morgan fingerprint density at radius 2 is 2.40 bits per heavy atom. The number of nitrogens with zero attached hydrogens (tertiary/aromatic N) is 1. The van der Waals surface area contributed by atoms with Gasteiger partial charge in [0.2, 0.25) is 0 Å². The minimum absolute atomic E-state index is 0.408. The molecule has 1 heterocycles. The van der Waals surface area contributed by atoms with Gasteiger partial charge in [-0.1, -0.05) is 6.07 Å². The number of carboxylic acid groups (broad SMARTS) is 1. The summed E-state index contributed by atoms with van der Waals surface area (Å²) in [6.45, 7) is 1.93. The van der Waals surface area contributed by atoms with Crippen molar-refractivity contribution in [3.05, 3.63) is 29.6 Å². The summed E-state index contributed by atoms with van der Waals surface area (Å²) in [4.78, 5) is 14.7. The van der Waals surface area contributed by atoms with Crippen molar-refractivity contribution in [1.82, 2.24) is 4.98 Å². The van der Waals surface area contributed by atoms with E-state index in [4.69, 9.17) is 10.8 Å². The number of aryl methyl sites for hydroxylation is 1. The summed E-state index contributed by atoms with van der Waals surface area (Å²) in [5.74, 6) is 0.146. The highest BCUT2D eigenvalue weighted by Crippen LogP contribution is 2.11. The number of nitrogens with two attached hydrogens (primary N) is 1. The summed E-state index contributed by atoms with van der Waals surface area (Å²) < 4.78 is 0. The van der Waals surface area contributed by atoms with Gasteiger partial charge in [-0.15, -0.1) is 0 Å². The summed E-state index contributed by atoms with van der Waals surface area (Å²) >= 11 is 1.48. The molecule has 0 radical (unpaired) electrons. The lowest BCUT2D eigenvalue weighted by molar-refractivity contribution is -0.137. The normalized spacial score (nSPS) is 12.4. The Balaban J connectivity index is 2.35. The SMILES string of the molecule is Cc1cccc(CSC[C@@H](N)C(=O)O)n1. The first-order valence-electron chi connectivity index (χ1n) is 4.58. The first-order valence-corrected chi connectivity index (χ1v) is 5.73.